The Hall–Kier alpha value is -2.73. The SMILES string of the molecule is CCOC(=O)c1cccc(NC(=O)[C@H]2CCCN(Cc3ccc(F)cc3)C2)c1. The van der Waals surface area contributed by atoms with Crippen molar-refractivity contribution in [1.82, 2.24) is 4.90 Å². The third-order valence-electron chi connectivity index (χ3n) is 4.84. The van der Waals surface area contributed by atoms with E-state index in [1.165, 1.54) is 12.1 Å². The van der Waals surface area contributed by atoms with Crippen LogP contribution < -0.4 is 5.32 Å². The fourth-order valence-electron chi connectivity index (χ4n) is 3.44. The molecule has 148 valence electrons. The van der Waals surface area contributed by atoms with E-state index in [0.717, 1.165) is 24.9 Å². The number of amides is 1. The summed E-state index contributed by atoms with van der Waals surface area (Å²) >= 11 is 0. The molecule has 0 spiro atoms. The van der Waals surface area contributed by atoms with Gasteiger partial charge in [0.25, 0.3) is 0 Å². The van der Waals surface area contributed by atoms with E-state index in [0.29, 0.717) is 30.9 Å². The average Bonchev–Trinajstić information content (AvgIpc) is 2.70. The predicted molar refractivity (Wildman–Crippen MR) is 105 cm³/mol. The van der Waals surface area contributed by atoms with Crippen molar-refractivity contribution >= 4 is 17.6 Å². The highest BCUT2D eigenvalue weighted by Gasteiger charge is 2.26. The highest BCUT2D eigenvalue weighted by Crippen LogP contribution is 2.21. The first kappa shape index (κ1) is 20.0. The van der Waals surface area contributed by atoms with Gasteiger partial charge in [-0.2, -0.15) is 0 Å². The molecule has 0 saturated carbocycles. The van der Waals surface area contributed by atoms with E-state index in [9.17, 15) is 14.0 Å². The lowest BCUT2D eigenvalue weighted by Gasteiger charge is -2.32. The van der Waals surface area contributed by atoms with Crippen LogP contribution in [0.4, 0.5) is 10.1 Å². The van der Waals surface area contributed by atoms with Gasteiger partial charge in [0, 0.05) is 18.8 Å². The monoisotopic (exact) mass is 384 g/mol. The van der Waals surface area contributed by atoms with Gasteiger partial charge in [-0.05, 0) is 62.2 Å². The molecule has 5 nitrogen and oxygen atoms in total. The van der Waals surface area contributed by atoms with Gasteiger partial charge in [0.1, 0.15) is 5.82 Å². The van der Waals surface area contributed by atoms with Gasteiger partial charge in [-0.25, -0.2) is 9.18 Å². The van der Waals surface area contributed by atoms with Gasteiger partial charge >= 0.3 is 5.97 Å². The number of hydrogen-bond acceptors (Lipinski definition) is 4. The summed E-state index contributed by atoms with van der Waals surface area (Å²) in [5.74, 6) is -0.823. The molecule has 1 N–H and O–H groups in total. The van der Waals surface area contributed by atoms with E-state index < -0.39 is 5.97 Å². The molecule has 1 aliphatic rings. The second-order valence-corrected chi connectivity index (χ2v) is 6.99. The lowest BCUT2D eigenvalue weighted by atomic mass is 9.96. The van der Waals surface area contributed by atoms with Crippen LogP contribution in [0, 0.1) is 11.7 Å². The number of piperidine rings is 1. The maximum atomic E-state index is 13.1. The summed E-state index contributed by atoms with van der Waals surface area (Å²) in [7, 11) is 0. The van der Waals surface area contributed by atoms with Crippen molar-refractivity contribution in [2.45, 2.75) is 26.3 Å². The molecule has 2 aromatic rings. The third kappa shape index (κ3) is 5.39. The maximum absolute atomic E-state index is 13.1. The largest absolute Gasteiger partial charge is 0.462 e. The topological polar surface area (TPSA) is 58.6 Å². The molecular weight excluding hydrogens is 359 g/mol. The molecule has 6 heteroatoms. The quantitative estimate of drug-likeness (QED) is 0.769. The molecule has 0 aliphatic carbocycles. The summed E-state index contributed by atoms with van der Waals surface area (Å²) in [6, 6.07) is 13.3. The van der Waals surface area contributed by atoms with Crippen molar-refractivity contribution in [3.63, 3.8) is 0 Å². The number of halogens is 1. The fraction of sp³-hybridized carbons (Fsp3) is 0.364. The summed E-state index contributed by atoms with van der Waals surface area (Å²) in [5.41, 5.74) is 2.04. The number of likely N-dealkylation sites (tertiary alicyclic amines) is 1. The van der Waals surface area contributed by atoms with Crippen LogP contribution >= 0.6 is 0 Å². The zero-order chi connectivity index (χ0) is 19.9. The second-order valence-electron chi connectivity index (χ2n) is 6.99. The van der Waals surface area contributed by atoms with Crippen LogP contribution in [0.1, 0.15) is 35.7 Å². The van der Waals surface area contributed by atoms with E-state index in [2.05, 4.69) is 10.2 Å². The Balaban J connectivity index is 1.59. The summed E-state index contributed by atoms with van der Waals surface area (Å²) in [4.78, 5) is 26.8. The van der Waals surface area contributed by atoms with Crippen LogP contribution in [0.25, 0.3) is 0 Å². The zero-order valence-electron chi connectivity index (χ0n) is 16.0. The van der Waals surface area contributed by atoms with Crippen LogP contribution in [0.15, 0.2) is 48.5 Å². The summed E-state index contributed by atoms with van der Waals surface area (Å²) in [6.45, 7) is 4.33. The van der Waals surface area contributed by atoms with E-state index in [1.807, 2.05) is 0 Å². The van der Waals surface area contributed by atoms with Crippen LogP contribution in [-0.2, 0) is 16.1 Å². The first-order valence-corrected chi connectivity index (χ1v) is 9.60. The minimum absolute atomic E-state index is 0.0511. The van der Waals surface area contributed by atoms with Crippen molar-refractivity contribution in [2.24, 2.45) is 5.92 Å². The van der Waals surface area contributed by atoms with Gasteiger partial charge in [0.2, 0.25) is 5.91 Å². The molecule has 2 aromatic carbocycles. The number of rotatable bonds is 6. The van der Waals surface area contributed by atoms with Crippen molar-refractivity contribution in [3.05, 3.63) is 65.5 Å². The zero-order valence-corrected chi connectivity index (χ0v) is 16.0. The highest BCUT2D eigenvalue weighted by molar-refractivity contribution is 5.95. The smallest absolute Gasteiger partial charge is 0.338 e. The molecular formula is C22H25FN2O3. The van der Waals surface area contributed by atoms with Gasteiger partial charge < -0.3 is 10.1 Å². The molecule has 1 saturated heterocycles. The lowest BCUT2D eigenvalue weighted by molar-refractivity contribution is -0.121. The summed E-state index contributed by atoms with van der Waals surface area (Å²) in [5, 5.41) is 2.92. The van der Waals surface area contributed by atoms with Crippen LogP contribution in [-0.4, -0.2) is 36.5 Å². The van der Waals surface area contributed by atoms with E-state index in [4.69, 9.17) is 4.74 Å². The number of nitrogens with one attached hydrogen (secondary N) is 1. The number of anilines is 1. The second kappa shape index (κ2) is 9.46. The molecule has 0 unspecified atom stereocenters. The Morgan fingerprint density at radius 2 is 2.00 bits per heavy atom. The van der Waals surface area contributed by atoms with Gasteiger partial charge in [-0.3, -0.25) is 9.69 Å². The number of nitrogens with zero attached hydrogens (tertiary/aromatic N) is 1. The standard InChI is InChI=1S/C22H25FN2O3/c1-2-28-22(27)17-5-3-7-20(13-17)24-21(26)18-6-4-12-25(15-18)14-16-8-10-19(23)11-9-16/h3,5,7-11,13,18H,2,4,6,12,14-15H2,1H3,(H,24,26)/t18-/m0/s1. The highest BCUT2D eigenvalue weighted by atomic mass is 19.1. The molecule has 1 atom stereocenters. The Labute approximate surface area is 164 Å². The number of carbonyl (C=O) groups is 2. The van der Waals surface area contributed by atoms with Crippen LogP contribution in [0.5, 0.6) is 0 Å². The Kier molecular flexibility index (Phi) is 6.76. The molecule has 1 aliphatic heterocycles. The molecule has 1 heterocycles. The number of benzene rings is 2. The number of ether oxygens (including phenoxy) is 1. The summed E-state index contributed by atoms with van der Waals surface area (Å²) in [6.07, 6.45) is 1.76. The number of esters is 1. The van der Waals surface area contributed by atoms with Crippen molar-refractivity contribution in [3.8, 4) is 0 Å². The average molecular weight is 384 g/mol. The molecule has 3 rings (SSSR count). The molecule has 1 fully saturated rings. The van der Waals surface area contributed by atoms with E-state index in [-0.39, 0.29) is 17.6 Å². The molecule has 0 bridgehead atoms. The van der Waals surface area contributed by atoms with Crippen molar-refractivity contribution in [2.75, 3.05) is 25.0 Å². The Morgan fingerprint density at radius 1 is 1.21 bits per heavy atom. The molecule has 1 amide bonds. The van der Waals surface area contributed by atoms with E-state index >= 15 is 0 Å². The Bertz CT molecular complexity index is 823. The Morgan fingerprint density at radius 3 is 2.75 bits per heavy atom. The maximum Gasteiger partial charge on any atom is 0.338 e. The van der Waals surface area contributed by atoms with E-state index in [1.54, 1.807) is 43.3 Å². The first-order chi connectivity index (χ1) is 13.5. The third-order valence-corrected chi connectivity index (χ3v) is 4.84. The normalized spacial score (nSPS) is 17.1. The van der Waals surface area contributed by atoms with Crippen molar-refractivity contribution in [1.29, 1.82) is 0 Å². The fourth-order valence-corrected chi connectivity index (χ4v) is 3.44. The predicted octanol–water partition coefficient (Wildman–Crippen LogP) is 3.85. The number of hydrogen-bond donors (Lipinski definition) is 1. The van der Waals surface area contributed by atoms with Gasteiger partial charge in [0.15, 0.2) is 0 Å². The number of carbonyl (C=O) groups excluding carboxylic acids is 2. The first-order valence-electron chi connectivity index (χ1n) is 9.60. The summed E-state index contributed by atoms with van der Waals surface area (Å²) < 4.78 is 18.1. The van der Waals surface area contributed by atoms with Gasteiger partial charge in [-0.1, -0.05) is 18.2 Å². The molecule has 0 radical (unpaired) electrons. The minimum atomic E-state index is -0.401. The lowest BCUT2D eigenvalue weighted by Crippen LogP contribution is -2.40. The molecule has 28 heavy (non-hydrogen) atoms. The van der Waals surface area contributed by atoms with Gasteiger partial charge in [-0.15, -0.1) is 0 Å². The van der Waals surface area contributed by atoms with Crippen molar-refractivity contribution < 1.29 is 18.7 Å². The molecule has 0 aromatic heterocycles. The minimum Gasteiger partial charge on any atom is -0.462 e. The van der Waals surface area contributed by atoms with Crippen LogP contribution in [0.3, 0.4) is 0 Å². The van der Waals surface area contributed by atoms with Crippen LogP contribution in [0.2, 0.25) is 0 Å². The van der Waals surface area contributed by atoms with Gasteiger partial charge in [0.05, 0.1) is 18.1 Å².